The lowest BCUT2D eigenvalue weighted by molar-refractivity contribution is -0.161. The van der Waals surface area contributed by atoms with Crippen molar-refractivity contribution in [3.8, 4) is 0 Å². The second-order valence-electron chi connectivity index (χ2n) is 30.8. The highest BCUT2D eigenvalue weighted by Crippen LogP contribution is 2.45. The molecule has 100 heavy (non-hydrogen) atoms. The fourth-order valence-electron chi connectivity index (χ4n) is 12.4. The zero-order chi connectivity index (χ0) is 73.8. The average molecular weight is 1470 g/mol. The molecule has 3 N–H and O–H groups in total. The number of unbranched alkanes of at least 4 members (excludes halogenated alkanes) is 43. The molecule has 0 bridgehead atoms. The first kappa shape index (κ1) is 98.1. The first-order valence-electron chi connectivity index (χ1n) is 41.7. The van der Waals surface area contributed by atoms with Crippen molar-refractivity contribution in [3.05, 3.63) is 0 Å². The van der Waals surface area contributed by atoms with Gasteiger partial charge in [-0.05, 0) is 49.4 Å². The Kier molecular flexibility index (Phi) is 68.7. The molecule has 0 saturated heterocycles. The van der Waals surface area contributed by atoms with E-state index >= 15 is 0 Å². The molecular weight excluding hydrogens is 1310 g/mol. The Labute approximate surface area is 613 Å². The molecule has 0 aromatic heterocycles. The van der Waals surface area contributed by atoms with Gasteiger partial charge in [0.2, 0.25) is 0 Å². The molecule has 0 aliphatic carbocycles. The highest BCUT2D eigenvalue weighted by Gasteiger charge is 2.30. The molecule has 3 unspecified atom stereocenters. The number of aliphatic hydroxyl groups excluding tert-OH is 1. The molecule has 0 aliphatic heterocycles. The SMILES string of the molecule is CCC(C)CCCCCCCCC(=O)OC[C@H](COP(=O)(O)OC[C@H](O)COP(=O)(O)OC[C@@H](COC(=O)CCCCCCCCCCCCCC(C)C)OC(=O)CCCCCCCCCCCCCCCCCCC(C)C)OC(=O)CCCCCCCCCCCCCCCCC(C)C. The molecule has 594 valence electrons. The minimum atomic E-state index is -4.96. The van der Waals surface area contributed by atoms with E-state index in [1.807, 2.05) is 0 Å². The highest BCUT2D eigenvalue weighted by molar-refractivity contribution is 7.47. The van der Waals surface area contributed by atoms with Gasteiger partial charge in [-0.2, -0.15) is 0 Å². The molecular formula is C81H158O17P2. The summed E-state index contributed by atoms with van der Waals surface area (Å²) in [5.74, 6) is 0.992. The summed E-state index contributed by atoms with van der Waals surface area (Å²) >= 11 is 0. The van der Waals surface area contributed by atoms with Crippen LogP contribution < -0.4 is 0 Å². The fraction of sp³-hybridized carbons (Fsp3) is 0.951. The number of hydrogen-bond acceptors (Lipinski definition) is 15. The van der Waals surface area contributed by atoms with Crippen LogP contribution in [-0.2, 0) is 65.4 Å². The lowest BCUT2D eigenvalue weighted by Gasteiger charge is -2.21. The molecule has 0 aliphatic rings. The van der Waals surface area contributed by atoms with Gasteiger partial charge in [-0.15, -0.1) is 0 Å². The topological polar surface area (TPSA) is 237 Å². The monoisotopic (exact) mass is 1470 g/mol. The Hall–Kier alpha value is -1.94. The Morgan fingerprint density at radius 1 is 0.280 bits per heavy atom. The van der Waals surface area contributed by atoms with Gasteiger partial charge in [0.05, 0.1) is 26.4 Å². The Bertz CT molecular complexity index is 1960. The van der Waals surface area contributed by atoms with Crippen molar-refractivity contribution in [2.24, 2.45) is 23.7 Å². The van der Waals surface area contributed by atoms with E-state index in [9.17, 15) is 43.2 Å². The summed E-state index contributed by atoms with van der Waals surface area (Å²) in [6.45, 7) is 14.3. The number of carbonyl (C=O) groups is 4. The van der Waals surface area contributed by atoms with Crippen molar-refractivity contribution in [2.75, 3.05) is 39.6 Å². The van der Waals surface area contributed by atoms with Gasteiger partial charge in [-0.3, -0.25) is 37.3 Å². The predicted molar refractivity (Wildman–Crippen MR) is 409 cm³/mol. The number of phosphoric acid groups is 2. The minimum absolute atomic E-state index is 0.106. The van der Waals surface area contributed by atoms with Crippen molar-refractivity contribution in [3.63, 3.8) is 0 Å². The van der Waals surface area contributed by atoms with Gasteiger partial charge in [0.15, 0.2) is 12.2 Å². The summed E-state index contributed by atoms with van der Waals surface area (Å²) < 4.78 is 68.7. The fourth-order valence-corrected chi connectivity index (χ4v) is 14.0. The highest BCUT2D eigenvalue weighted by atomic mass is 31.2. The normalized spacial score (nSPS) is 14.3. The summed E-state index contributed by atoms with van der Waals surface area (Å²) in [7, 11) is -9.92. The van der Waals surface area contributed by atoms with Crippen LogP contribution in [0.4, 0.5) is 0 Å². The first-order chi connectivity index (χ1) is 48.1. The predicted octanol–water partition coefficient (Wildman–Crippen LogP) is 24.0. The average Bonchev–Trinajstić information content (AvgIpc) is 0.924. The second kappa shape index (κ2) is 70.1. The van der Waals surface area contributed by atoms with Crippen LogP contribution in [0.2, 0.25) is 0 Å². The van der Waals surface area contributed by atoms with E-state index in [2.05, 4.69) is 55.4 Å². The van der Waals surface area contributed by atoms with Crippen LogP contribution in [0.1, 0.15) is 415 Å². The van der Waals surface area contributed by atoms with Crippen molar-refractivity contribution < 1.29 is 80.2 Å². The number of rotatable bonds is 78. The number of esters is 4. The molecule has 19 heteroatoms. The van der Waals surface area contributed by atoms with Crippen molar-refractivity contribution >= 4 is 39.5 Å². The molecule has 0 saturated carbocycles. The quantitative estimate of drug-likeness (QED) is 0.0222. The van der Waals surface area contributed by atoms with Gasteiger partial charge in [0.25, 0.3) is 0 Å². The van der Waals surface area contributed by atoms with E-state index in [4.69, 9.17) is 37.0 Å². The summed E-state index contributed by atoms with van der Waals surface area (Å²) in [6.07, 6.45) is 56.9. The van der Waals surface area contributed by atoms with Gasteiger partial charge in [0, 0.05) is 25.7 Å². The zero-order valence-corrected chi connectivity index (χ0v) is 67.6. The van der Waals surface area contributed by atoms with Crippen LogP contribution in [0.15, 0.2) is 0 Å². The third kappa shape index (κ3) is 73.0. The number of ether oxygens (including phenoxy) is 4. The minimum Gasteiger partial charge on any atom is -0.462 e. The van der Waals surface area contributed by atoms with Gasteiger partial charge in [0.1, 0.15) is 19.3 Å². The standard InChI is InChI=1S/C81H158O17P2/c1-9-74(8)60-52-44-39-40-46-54-62-79(84)92-68-77(98-81(86)64-56-48-38-32-25-19-15-14-17-22-28-34-42-50-58-72(4)5)70-96-100(89,90)94-66-75(82)65-93-99(87,88)95-69-76(67-91-78(83)61-53-45-36-30-26-20-23-29-35-43-51-59-73(6)7)97-80(85)63-55-47-37-31-24-18-13-11-10-12-16-21-27-33-41-49-57-71(2)3/h71-77,82H,9-70H2,1-8H3,(H,87,88)(H,89,90)/t74?,75-,76-,77-/m1/s1. The Morgan fingerprint density at radius 2 is 0.480 bits per heavy atom. The maximum absolute atomic E-state index is 13.1. The molecule has 0 radical (unpaired) electrons. The van der Waals surface area contributed by atoms with Crippen LogP contribution >= 0.6 is 15.6 Å². The smallest absolute Gasteiger partial charge is 0.462 e. The van der Waals surface area contributed by atoms with Crippen LogP contribution in [0, 0.1) is 23.7 Å². The van der Waals surface area contributed by atoms with E-state index in [1.165, 1.54) is 212 Å². The van der Waals surface area contributed by atoms with Crippen molar-refractivity contribution in [1.82, 2.24) is 0 Å². The molecule has 0 aromatic carbocycles. The number of hydrogen-bond donors (Lipinski definition) is 3. The summed E-state index contributed by atoms with van der Waals surface area (Å²) in [5, 5.41) is 10.6. The van der Waals surface area contributed by atoms with E-state index in [0.717, 1.165) is 120 Å². The van der Waals surface area contributed by atoms with E-state index < -0.39 is 97.5 Å². The first-order valence-corrected chi connectivity index (χ1v) is 44.7. The van der Waals surface area contributed by atoms with Crippen molar-refractivity contribution in [2.45, 2.75) is 433 Å². The molecule has 0 spiro atoms. The van der Waals surface area contributed by atoms with Crippen LogP contribution in [0.5, 0.6) is 0 Å². The van der Waals surface area contributed by atoms with E-state index in [0.29, 0.717) is 25.7 Å². The largest absolute Gasteiger partial charge is 0.472 e. The maximum Gasteiger partial charge on any atom is 0.472 e. The number of aliphatic hydroxyl groups is 1. The van der Waals surface area contributed by atoms with Crippen LogP contribution in [-0.4, -0.2) is 96.7 Å². The lowest BCUT2D eigenvalue weighted by atomic mass is 10.00. The van der Waals surface area contributed by atoms with Crippen molar-refractivity contribution in [1.29, 1.82) is 0 Å². The summed E-state index contributed by atoms with van der Waals surface area (Å²) in [5.41, 5.74) is 0. The maximum atomic E-state index is 13.1. The summed E-state index contributed by atoms with van der Waals surface area (Å²) in [4.78, 5) is 73.0. The van der Waals surface area contributed by atoms with Gasteiger partial charge >= 0.3 is 39.5 Å². The third-order valence-electron chi connectivity index (χ3n) is 19.2. The number of phosphoric ester groups is 2. The Balaban J connectivity index is 5.24. The zero-order valence-electron chi connectivity index (χ0n) is 65.8. The molecule has 6 atom stereocenters. The van der Waals surface area contributed by atoms with Crippen LogP contribution in [0.25, 0.3) is 0 Å². The lowest BCUT2D eigenvalue weighted by Crippen LogP contribution is -2.30. The van der Waals surface area contributed by atoms with E-state index in [1.54, 1.807) is 0 Å². The molecule has 0 rings (SSSR count). The van der Waals surface area contributed by atoms with Crippen LogP contribution in [0.3, 0.4) is 0 Å². The van der Waals surface area contributed by atoms with Gasteiger partial charge in [-0.25, -0.2) is 9.13 Å². The molecule has 17 nitrogen and oxygen atoms in total. The van der Waals surface area contributed by atoms with E-state index in [-0.39, 0.29) is 25.7 Å². The molecule has 0 aromatic rings. The molecule has 0 fully saturated rings. The van der Waals surface area contributed by atoms with Gasteiger partial charge in [-0.1, -0.05) is 364 Å². The second-order valence-corrected chi connectivity index (χ2v) is 33.7. The summed E-state index contributed by atoms with van der Waals surface area (Å²) in [6, 6.07) is 0. The molecule has 0 amide bonds. The van der Waals surface area contributed by atoms with Gasteiger partial charge < -0.3 is 33.8 Å². The Morgan fingerprint density at radius 3 is 0.710 bits per heavy atom. The number of carbonyl (C=O) groups excluding carboxylic acids is 4. The molecule has 0 heterocycles. The third-order valence-corrected chi connectivity index (χ3v) is 21.1.